The minimum atomic E-state index is -0.930. The maximum Gasteiger partial charge on any atom is 0.407 e. The Labute approximate surface area is 199 Å². The third-order valence-electron chi connectivity index (χ3n) is 6.31. The highest BCUT2D eigenvalue weighted by atomic mass is 35.5. The lowest BCUT2D eigenvalue weighted by atomic mass is 10.0. The highest BCUT2D eigenvalue weighted by molar-refractivity contribution is 6.41. The first-order chi connectivity index (χ1) is 15.7. The number of nitrogens with zero attached hydrogens (tertiary/aromatic N) is 6. The van der Waals surface area contributed by atoms with Crippen molar-refractivity contribution in [1.82, 2.24) is 24.4 Å². The second-order valence-corrected chi connectivity index (χ2v) is 9.51. The van der Waals surface area contributed by atoms with Crippen molar-refractivity contribution >= 4 is 46.1 Å². The van der Waals surface area contributed by atoms with Crippen LogP contribution in [0.3, 0.4) is 0 Å². The smallest absolute Gasteiger partial charge is 0.407 e. The van der Waals surface area contributed by atoms with Gasteiger partial charge < -0.3 is 14.9 Å². The number of fused-ring (bicyclic) bond motifs is 2. The third-order valence-corrected chi connectivity index (χ3v) is 6.98. The molecule has 33 heavy (non-hydrogen) atoms. The van der Waals surface area contributed by atoms with E-state index >= 15 is 0 Å². The largest absolute Gasteiger partial charge is 0.465 e. The average Bonchev–Trinajstić information content (AvgIpc) is 3.55. The van der Waals surface area contributed by atoms with Crippen LogP contribution in [0.1, 0.15) is 37.4 Å². The monoisotopic (exact) mass is 488 g/mol. The zero-order valence-corrected chi connectivity index (χ0v) is 19.8. The number of pyridine rings is 2. The molecular formula is C22H22Cl2N6O3. The lowest BCUT2D eigenvalue weighted by molar-refractivity contribution is 0.138. The molecule has 1 amide bonds. The minimum absolute atomic E-state index is 0.0402. The molecule has 3 aromatic heterocycles. The third kappa shape index (κ3) is 3.50. The quantitative estimate of drug-likeness (QED) is 0.558. The number of hydrogen-bond acceptors (Lipinski definition) is 6. The van der Waals surface area contributed by atoms with Crippen LogP contribution in [0.5, 0.6) is 0 Å². The second kappa shape index (κ2) is 7.85. The zero-order chi connectivity index (χ0) is 23.6. The molecule has 11 heteroatoms. The number of aryl methyl sites for hydroxylation is 1. The van der Waals surface area contributed by atoms with E-state index in [1.807, 2.05) is 31.7 Å². The Morgan fingerprint density at radius 1 is 1.21 bits per heavy atom. The summed E-state index contributed by atoms with van der Waals surface area (Å²) in [4.78, 5) is 41.9. The van der Waals surface area contributed by atoms with Crippen molar-refractivity contribution in [3.8, 4) is 5.69 Å². The van der Waals surface area contributed by atoms with Crippen LogP contribution in [0.25, 0.3) is 16.7 Å². The van der Waals surface area contributed by atoms with Crippen molar-refractivity contribution in [3.05, 3.63) is 50.2 Å². The Balaban J connectivity index is 1.75. The molecule has 1 saturated carbocycles. The molecule has 4 heterocycles. The number of carbonyl (C=O) groups is 1. The molecule has 1 saturated heterocycles. The first-order valence-corrected chi connectivity index (χ1v) is 11.5. The van der Waals surface area contributed by atoms with Crippen molar-refractivity contribution < 1.29 is 9.90 Å². The number of halogens is 2. The lowest BCUT2D eigenvalue weighted by Crippen LogP contribution is -2.49. The van der Waals surface area contributed by atoms with Crippen LogP contribution in [-0.4, -0.2) is 60.8 Å². The molecule has 0 radical (unpaired) electrons. The molecule has 0 spiro atoms. The Hall–Kier alpha value is -2.91. The van der Waals surface area contributed by atoms with Crippen LogP contribution in [0, 0.1) is 6.92 Å². The highest BCUT2D eigenvalue weighted by Crippen LogP contribution is 2.41. The molecule has 1 aliphatic carbocycles. The number of hydrogen-bond donors (Lipinski definition) is 1. The fraction of sp³-hybridized carbons (Fsp3) is 0.409. The maximum atomic E-state index is 13.5. The molecule has 2 unspecified atom stereocenters. The van der Waals surface area contributed by atoms with Crippen LogP contribution in [0.15, 0.2) is 23.1 Å². The number of aromatic nitrogens is 4. The standard InChI is InChI=1S/C22H22Cl2N6O3/c1-10(2)16-17(11(3)4-5-25-16)30-20-12(8-13(23)18(24)26-20)19(27-21(30)31)28-6-7-29(22(32)33)15-9-14(15)28/h4-5,8,10,14-15H,6-7,9H2,1-3H3,(H,32,33). The van der Waals surface area contributed by atoms with Gasteiger partial charge in [0.2, 0.25) is 0 Å². The highest BCUT2D eigenvalue weighted by Gasteiger charge is 2.51. The maximum absolute atomic E-state index is 13.5. The Bertz CT molecular complexity index is 1360. The molecule has 2 aliphatic rings. The van der Waals surface area contributed by atoms with Gasteiger partial charge in [0.25, 0.3) is 0 Å². The predicted octanol–water partition coefficient (Wildman–Crippen LogP) is 3.86. The van der Waals surface area contributed by atoms with E-state index in [1.165, 1.54) is 9.47 Å². The van der Waals surface area contributed by atoms with E-state index < -0.39 is 11.8 Å². The summed E-state index contributed by atoms with van der Waals surface area (Å²) in [6.45, 7) is 6.67. The number of piperazine rings is 1. The normalized spacial score (nSPS) is 19.8. The molecule has 0 bridgehead atoms. The van der Waals surface area contributed by atoms with Gasteiger partial charge >= 0.3 is 11.8 Å². The molecule has 1 N–H and O–H groups in total. The molecular weight excluding hydrogens is 467 g/mol. The summed E-state index contributed by atoms with van der Waals surface area (Å²) in [6, 6.07) is 3.36. The van der Waals surface area contributed by atoms with E-state index in [0.717, 1.165) is 11.3 Å². The molecule has 1 aliphatic heterocycles. The molecule has 172 valence electrons. The van der Waals surface area contributed by atoms with Gasteiger partial charge in [0, 0.05) is 19.3 Å². The van der Waals surface area contributed by atoms with E-state index in [4.69, 9.17) is 23.2 Å². The summed E-state index contributed by atoms with van der Waals surface area (Å²) < 4.78 is 1.45. The topological polar surface area (TPSA) is 104 Å². The van der Waals surface area contributed by atoms with Crippen molar-refractivity contribution in [3.63, 3.8) is 0 Å². The van der Waals surface area contributed by atoms with Crippen molar-refractivity contribution in [2.24, 2.45) is 0 Å². The SMILES string of the molecule is Cc1ccnc(C(C)C)c1-n1c(=O)nc(N2CCN(C(=O)O)C3CC32)c2cc(Cl)c(Cl)nc21. The summed E-state index contributed by atoms with van der Waals surface area (Å²) in [5.41, 5.74) is 2.08. The predicted molar refractivity (Wildman–Crippen MR) is 126 cm³/mol. The molecule has 2 atom stereocenters. The Kier molecular flexibility index (Phi) is 5.21. The average molecular weight is 489 g/mol. The van der Waals surface area contributed by atoms with E-state index in [0.29, 0.717) is 42.0 Å². The summed E-state index contributed by atoms with van der Waals surface area (Å²) in [7, 11) is 0. The van der Waals surface area contributed by atoms with Gasteiger partial charge in [-0.05, 0) is 37.0 Å². The summed E-state index contributed by atoms with van der Waals surface area (Å²) in [5, 5.41) is 10.3. The molecule has 9 nitrogen and oxygen atoms in total. The fourth-order valence-corrected chi connectivity index (χ4v) is 4.96. The Morgan fingerprint density at radius 3 is 2.67 bits per heavy atom. The first-order valence-electron chi connectivity index (χ1n) is 10.7. The minimum Gasteiger partial charge on any atom is -0.465 e. The van der Waals surface area contributed by atoms with Crippen molar-refractivity contribution in [2.45, 2.75) is 45.2 Å². The lowest BCUT2D eigenvalue weighted by Gasteiger charge is -2.34. The van der Waals surface area contributed by atoms with Crippen LogP contribution in [-0.2, 0) is 0 Å². The molecule has 0 aromatic carbocycles. The summed E-state index contributed by atoms with van der Waals surface area (Å²) in [5.74, 6) is 0.503. The zero-order valence-electron chi connectivity index (χ0n) is 18.3. The van der Waals surface area contributed by atoms with Gasteiger partial charge in [-0.15, -0.1) is 0 Å². The van der Waals surface area contributed by atoms with E-state index in [9.17, 15) is 14.7 Å². The van der Waals surface area contributed by atoms with Gasteiger partial charge in [0.1, 0.15) is 11.0 Å². The molecule has 5 rings (SSSR count). The van der Waals surface area contributed by atoms with Crippen LogP contribution >= 0.6 is 23.2 Å². The van der Waals surface area contributed by atoms with Gasteiger partial charge in [-0.25, -0.2) is 19.1 Å². The number of carboxylic acid groups (broad SMARTS) is 1. The van der Waals surface area contributed by atoms with Gasteiger partial charge in [-0.1, -0.05) is 37.0 Å². The summed E-state index contributed by atoms with van der Waals surface area (Å²) in [6.07, 6.45) is 1.47. The van der Waals surface area contributed by atoms with Crippen LogP contribution in [0.4, 0.5) is 10.6 Å². The van der Waals surface area contributed by atoms with E-state index in [-0.39, 0.29) is 28.2 Å². The van der Waals surface area contributed by atoms with Crippen molar-refractivity contribution in [1.29, 1.82) is 0 Å². The van der Waals surface area contributed by atoms with Gasteiger partial charge in [-0.2, -0.15) is 4.98 Å². The van der Waals surface area contributed by atoms with Gasteiger partial charge in [0.05, 0.1) is 33.9 Å². The van der Waals surface area contributed by atoms with Gasteiger partial charge in [-0.3, -0.25) is 4.98 Å². The van der Waals surface area contributed by atoms with E-state index in [1.54, 1.807) is 12.3 Å². The van der Waals surface area contributed by atoms with Crippen LogP contribution < -0.4 is 10.6 Å². The first kappa shape index (κ1) is 21.9. The number of amides is 1. The van der Waals surface area contributed by atoms with Gasteiger partial charge in [0.15, 0.2) is 5.65 Å². The second-order valence-electron chi connectivity index (χ2n) is 8.74. The summed E-state index contributed by atoms with van der Waals surface area (Å²) >= 11 is 12.6. The molecule has 2 fully saturated rings. The fourth-order valence-electron chi connectivity index (χ4n) is 4.68. The van der Waals surface area contributed by atoms with E-state index in [2.05, 4.69) is 15.0 Å². The number of rotatable bonds is 3. The van der Waals surface area contributed by atoms with Crippen molar-refractivity contribution in [2.75, 3.05) is 18.0 Å². The number of anilines is 1. The van der Waals surface area contributed by atoms with Crippen LogP contribution in [0.2, 0.25) is 10.2 Å². The Morgan fingerprint density at radius 2 is 1.97 bits per heavy atom. The molecule has 3 aromatic rings.